The predicted octanol–water partition coefficient (Wildman–Crippen LogP) is 2.00. The summed E-state index contributed by atoms with van der Waals surface area (Å²) in [6.07, 6.45) is 3.27. The van der Waals surface area contributed by atoms with E-state index in [1.807, 2.05) is 32.3 Å². The molecule has 0 saturated carbocycles. The molecule has 1 aromatic heterocycles. The van der Waals surface area contributed by atoms with E-state index in [2.05, 4.69) is 20.5 Å². The van der Waals surface area contributed by atoms with Crippen LogP contribution < -0.4 is 20.1 Å². The highest BCUT2D eigenvalue weighted by Crippen LogP contribution is 2.27. The van der Waals surface area contributed by atoms with Crippen molar-refractivity contribution in [1.82, 2.24) is 15.2 Å². The number of amides is 1. The van der Waals surface area contributed by atoms with E-state index in [1.165, 1.54) is 0 Å². The molecule has 0 saturated heterocycles. The predicted molar refractivity (Wildman–Crippen MR) is 102 cm³/mol. The Labute approximate surface area is 154 Å². The number of aromatic nitrogens is 1. The zero-order valence-electron chi connectivity index (χ0n) is 15.7. The quantitative estimate of drug-likeness (QED) is 0.714. The lowest BCUT2D eigenvalue weighted by Crippen LogP contribution is -2.23. The topological polar surface area (TPSA) is 75.7 Å². The van der Waals surface area contributed by atoms with Gasteiger partial charge < -0.3 is 25.0 Å². The Morgan fingerprint density at radius 1 is 1.12 bits per heavy atom. The second kappa shape index (κ2) is 9.62. The van der Waals surface area contributed by atoms with E-state index in [0.717, 1.165) is 24.3 Å². The van der Waals surface area contributed by atoms with Crippen molar-refractivity contribution < 1.29 is 14.3 Å². The van der Waals surface area contributed by atoms with Crippen LogP contribution in [-0.2, 0) is 6.54 Å². The van der Waals surface area contributed by atoms with Gasteiger partial charge in [0.15, 0.2) is 11.5 Å². The number of methoxy groups -OCH3 is 2. The van der Waals surface area contributed by atoms with Crippen LogP contribution in [0.5, 0.6) is 11.5 Å². The summed E-state index contributed by atoms with van der Waals surface area (Å²) in [5.74, 6) is 1.11. The first kappa shape index (κ1) is 19.5. The van der Waals surface area contributed by atoms with Gasteiger partial charge in [-0.3, -0.25) is 9.78 Å². The van der Waals surface area contributed by atoms with Crippen molar-refractivity contribution in [2.24, 2.45) is 0 Å². The minimum atomic E-state index is -0.177. The van der Waals surface area contributed by atoms with Gasteiger partial charge in [0.1, 0.15) is 0 Å². The zero-order valence-corrected chi connectivity index (χ0v) is 15.7. The molecule has 1 aromatic carbocycles. The van der Waals surface area contributed by atoms with Crippen molar-refractivity contribution in [3.8, 4) is 11.5 Å². The Balaban J connectivity index is 1.95. The molecule has 2 rings (SSSR count). The van der Waals surface area contributed by atoms with Gasteiger partial charge >= 0.3 is 0 Å². The molecule has 0 bridgehead atoms. The largest absolute Gasteiger partial charge is 0.493 e. The van der Waals surface area contributed by atoms with Gasteiger partial charge in [0.25, 0.3) is 5.91 Å². The van der Waals surface area contributed by atoms with Crippen LogP contribution in [0.2, 0.25) is 0 Å². The molecule has 0 spiro atoms. The van der Waals surface area contributed by atoms with Gasteiger partial charge in [-0.15, -0.1) is 0 Å². The van der Waals surface area contributed by atoms with E-state index in [4.69, 9.17) is 9.47 Å². The number of carbonyl (C=O) groups is 1. The Morgan fingerprint density at radius 3 is 2.58 bits per heavy atom. The third-order valence-corrected chi connectivity index (χ3v) is 3.79. The second-order valence-corrected chi connectivity index (χ2v) is 6.06. The van der Waals surface area contributed by atoms with Crippen LogP contribution >= 0.6 is 0 Å². The number of nitrogens with zero attached hydrogens (tertiary/aromatic N) is 2. The lowest BCUT2D eigenvalue weighted by molar-refractivity contribution is 0.0950. The van der Waals surface area contributed by atoms with Gasteiger partial charge in [0.05, 0.1) is 25.5 Å². The summed E-state index contributed by atoms with van der Waals surface area (Å²) in [4.78, 5) is 18.6. The highest BCUT2D eigenvalue weighted by Gasteiger charge is 2.09. The molecular weight excluding hydrogens is 332 g/mol. The number of hydrogen-bond donors (Lipinski definition) is 2. The standard InChI is InChI=1S/C19H26N4O3/c1-23(2)8-7-21-16-10-15(12-20-13-16)19(24)22-11-14-5-6-17(25-3)18(9-14)26-4/h5-6,9-10,12-13,21H,7-8,11H2,1-4H3,(H,22,24). The van der Waals surface area contributed by atoms with Gasteiger partial charge in [0.2, 0.25) is 0 Å². The van der Waals surface area contributed by atoms with E-state index < -0.39 is 0 Å². The lowest BCUT2D eigenvalue weighted by atomic mass is 10.2. The molecule has 7 nitrogen and oxygen atoms in total. The van der Waals surface area contributed by atoms with Crippen LogP contribution in [0.4, 0.5) is 5.69 Å². The smallest absolute Gasteiger partial charge is 0.253 e. The average molecular weight is 358 g/mol. The third kappa shape index (κ3) is 5.63. The number of pyridine rings is 1. The van der Waals surface area contributed by atoms with Gasteiger partial charge in [-0.2, -0.15) is 0 Å². The number of nitrogens with one attached hydrogen (secondary N) is 2. The summed E-state index contributed by atoms with van der Waals surface area (Å²) in [5.41, 5.74) is 2.26. The monoisotopic (exact) mass is 358 g/mol. The van der Waals surface area contributed by atoms with Crippen molar-refractivity contribution in [3.63, 3.8) is 0 Å². The molecule has 0 unspecified atom stereocenters. The van der Waals surface area contributed by atoms with E-state index in [-0.39, 0.29) is 5.91 Å². The van der Waals surface area contributed by atoms with E-state index in [1.54, 1.807) is 32.7 Å². The van der Waals surface area contributed by atoms with Crippen molar-refractivity contribution in [1.29, 1.82) is 0 Å². The molecule has 2 aromatic rings. The van der Waals surface area contributed by atoms with Crippen LogP contribution in [0.15, 0.2) is 36.7 Å². The lowest BCUT2D eigenvalue weighted by Gasteiger charge is -2.12. The van der Waals surface area contributed by atoms with Crippen LogP contribution in [0, 0.1) is 0 Å². The average Bonchev–Trinajstić information content (AvgIpc) is 2.65. The molecule has 1 heterocycles. The third-order valence-electron chi connectivity index (χ3n) is 3.79. The zero-order chi connectivity index (χ0) is 18.9. The van der Waals surface area contributed by atoms with E-state index >= 15 is 0 Å². The maximum Gasteiger partial charge on any atom is 0.253 e. The number of benzene rings is 1. The van der Waals surface area contributed by atoms with E-state index in [9.17, 15) is 4.79 Å². The summed E-state index contributed by atoms with van der Waals surface area (Å²) >= 11 is 0. The molecule has 140 valence electrons. The maximum absolute atomic E-state index is 12.4. The van der Waals surface area contributed by atoms with Crippen molar-refractivity contribution in [3.05, 3.63) is 47.8 Å². The molecule has 1 amide bonds. The highest BCUT2D eigenvalue weighted by molar-refractivity contribution is 5.94. The molecule has 26 heavy (non-hydrogen) atoms. The number of carbonyl (C=O) groups excluding carboxylic acids is 1. The van der Waals surface area contributed by atoms with E-state index in [0.29, 0.717) is 23.6 Å². The summed E-state index contributed by atoms with van der Waals surface area (Å²) in [7, 11) is 7.20. The molecule has 0 aliphatic heterocycles. The van der Waals surface area contributed by atoms with Crippen molar-refractivity contribution in [2.75, 3.05) is 46.7 Å². The Hall–Kier alpha value is -2.80. The number of likely N-dealkylation sites (N-methyl/N-ethyl adjacent to an activating group) is 1. The highest BCUT2D eigenvalue weighted by atomic mass is 16.5. The summed E-state index contributed by atoms with van der Waals surface area (Å²) < 4.78 is 10.5. The number of ether oxygens (including phenoxy) is 2. The minimum absolute atomic E-state index is 0.177. The first-order valence-electron chi connectivity index (χ1n) is 8.36. The van der Waals surface area contributed by atoms with Crippen molar-refractivity contribution >= 4 is 11.6 Å². The fourth-order valence-corrected chi connectivity index (χ4v) is 2.36. The maximum atomic E-state index is 12.4. The summed E-state index contributed by atoms with van der Waals surface area (Å²) in [6.45, 7) is 2.07. The van der Waals surface area contributed by atoms with Gasteiger partial charge in [-0.1, -0.05) is 6.07 Å². The summed E-state index contributed by atoms with van der Waals surface area (Å²) in [6, 6.07) is 7.35. The molecule has 0 atom stereocenters. The van der Waals surface area contributed by atoms with Crippen molar-refractivity contribution in [2.45, 2.75) is 6.54 Å². The molecule has 0 aliphatic carbocycles. The molecule has 0 aliphatic rings. The van der Waals surface area contributed by atoms with Crippen LogP contribution in [0.3, 0.4) is 0 Å². The first-order chi connectivity index (χ1) is 12.5. The number of hydrogen-bond acceptors (Lipinski definition) is 6. The summed E-state index contributed by atoms with van der Waals surface area (Å²) in [5, 5.41) is 6.15. The minimum Gasteiger partial charge on any atom is -0.493 e. The normalized spacial score (nSPS) is 10.5. The van der Waals surface area contributed by atoms with Gasteiger partial charge in [-0.05, 0) is 37.9 Å². The number of rotatable bonds is 9. The second-order valence-electron chi connectivity index (χ2n) is 6.06. The number of anilines is 1. The Kier molecular flexibility index (Phi) is 7.23. The molecule has 7 heteroatoms. The fraction of sp³-hybridized carbons (Fsp3) is 0.368. The molecule has 0 radical (unpaired) electrons. The molecule has 0 fully saturated rings. The molecule has 2 N–H and O–H groups in total. The van der Waals surface area contributed by atoms with Crippen LogP contribution in [0.25, 0.3) is 0 Å². The SMILES string of the molecule is COc1ccc(CNC(=O)c2cncc(NCCN(C)C)c2)cc1OC. The van der Waals surface area contributed by atoms with Gasteiger partial charge in [0, 0.05) is 32.0 Å². The fourth-order valence-electron chi connectivity index (χ4n) is 2.36. The van der Waals surface area contributed by atoms with Gasteiger partial charge in [-0.25, -0.2) is 0 Å². The molecular formula is C19H26N4O3. The van der Waals surface area contributed by atoms with Crippen LogP contribution in [0.1, 0.15) is 15.9 Å². The Morgan fingerprint density at radius 2 is 1.88 bits per heavy atom. The first-order valence-corrected chi connectivity index (χ1v) is 8.36. The Bertz CT molecular complexity index is 734. The van der Waals surface area contributed by atoms with Crippen LogP contribution in [-0.4, -0.2) is 57.2 Å².